The lowest BCUT2D eigenvalue weighted by atomic mass is 9.62. The van der Waals surface area contributed by atoms with E-state index in [1.165, 1.54) is 11.0 Å². The van der Waals surface area contributed by atoms with Gasteiger partial charge in [-0.25, -0.2) is 4.98 Å². The maximum Gasteiger partial charge on any atom is 0.246 e. The number of anilines is 3. The predicted octanol–water partition coefficient (Wildman–Crippen LogP) is 4.05. The van der Waals surface area contributed by atoms with E-state index < -0.39 is 6.04 Å². The first kappa shape index (κ1) is 31.6. The summed E-state index contributed by atoms with van der Waals surface area (Å²) in [6.45, 7) is 9.72. The smallest absolute Gasteiger partial charge is 0.246 e. The Hall–Kier alpha value is -3.97. The van der Waals surface area contributed by atoms with Crippen LogP contribution in [0.5, 0.6) is 0 Å². The molecule has 2 aromatic rings. The van der Waals surface area contributed by atoms with E-state index in [9.17, 15) is 9.59 Å². The summed E-state index contributed by atoms with van der Waals surface area (Å²) in [6, 6.07) is 8.79. The molecular formula is C31H44N8O2. The van der Waals surface area contributed by atoms with Crippen molar-refractivity contribution in [1.29, 1.82) is 5.26 Å². The molecule has 2 amide bonds. The fourth-order valence-corrected chi connectivity index (χ4v) is 4.76. The zero-order chi connectivity index (χ0) is 30.2. The van der Waals surface area contributed by atoms with E-state index >= 15 is 0 Å². The van der Waals surface area contributed by atoms with Crippen molar-refractivity contribution < 1.29 is 9.59 Å². The van der Waals surface area contributed by atoms with Gasteiger partial charge in [-0.1, -0.05) is 26.8 Å². The third kappa shape index (κ3) is 8.27. The van der Waals surface area contributed by atoms with Crippen LogP contribution in [0.25, 0.3) is 0 Å². The molecule has 0 spiro atoms. The zero-order valence-electron chi connectivity index (χ0n) is 25.4. The summed E-state index contributed by atoms with van der Waals surface area (Å²) >= 11 is 0. The van der Waals surface area contributed by atoms with Crippen LogP contribution < -0.4 is 16.0 Å². The molecule has 1 aromatic heterocycles. The number of nitrogens with one attached hydrogen (secondary N) is 3. The quantitative estimate of drug-likeness (QED) is 0.313. The molecule has 1 atom stereocenters. The minimum atomic E-state index is -0.562. The van der Waals surface area contributed by atoms with Crippen molar-refractivity contribution in [2.75, 3.05) is 44.9 Å². The summed E-state index contributed by atoms with van der Waals surface area (Å²) in [4.78, 5) is 38.2. The molecule has 1 aliphatic rings. The highest BCUT2D eigenvalue weighted by atomic mass is 16.2. The third-order valence-electron chi connectivity index (χ3n) is 7.84. The number of hydrogen-bond donors (Lipinski definition) is 3. The second-order valence-corrected chi connectivity index (χ2v) is 11.6. The van der Waals surface area contributed by atoms with Gasteiger partial charge in [-0.3, -0.25) is 9.59 Å². The summed E-state index contributed by atoms with van der Waals surface area (Å²) in [5.41, 5.74) is 2.21. The maximum absolute atomic E-state index is 12.9. The van der Waals surface area contributed by atoms with Gasteiger partial charge in [0.15, 0.2) is 0 Å². The minimum Gasteiger partial charge on any atom is -0.370 e. The van der Waals surface area contributed by atoms with E-state index in [2.05, 4.69) is 47.8 Å². The van der Waals surface area contributed by atoms with Crippen molar-refractivity contribution in [3.8, 4) is 6.07 Å². The van der Waals surface area contributed by atoms with Crippen molar-refractivity contribution in [3.63, 3.8) is 0 Å². The zero-order valence-corrected chi connectivity index (χ0v) is 25.4. The fourth-order valence-electron chi connectivity index (χ4n) is 4.76. The summed E-state index contributed by atoms with van der Waals surface area (Å²) in [5.74, 6) is 1.28. The molecule has 0 bridgehead atoms. The van der Waals surface area contributed by atoms with E-state index in [1.54, 1.807) is 32.2 Å². The van der Waals surface area contributed by atoms with Gasteiger partial charge >= 0.3 is 0 Å². The number of aromatic nitrogens is 2. The molecule has 10 nitrogen and oxygen atoms in total. The minimum absolute atomic E-state index is 0.0623. The number of hydrogen-bond acceptors (Lipinski definition) is 8. The van der Waals surface area contributed by atoms with Crippen molar-refractivity contribution in [3.05, 3.63) is 53.7 Å². The SMILES string of the molecule is CCCNc1nc(Nc2ccc(C#N)cc2)ncc1C(C)(C)C1CC(NC(=O)[C@H](C)N(C)C(=O)/C=C/CN(C)C)C1. The molecule has 0 aliphatic heterocycles. The Balaban J connectivity index is 1.63. The summed E-state index contributed by atoms with van der Waals surface area (Å²) in [6.07, 6.45) is 7.83. The topological polar surface area (TPSA) is 126 Å². The van der Waals surface area contributed by atoms with Gasteiger partial charge in [-0.2, -0.15) is 10.2 Å². The molecule has 41 heavy (non-hydrogen) atoms. The largest absolute Gasteiger partial charge is 0.370 e. The van der Waals surface area contributed by atoms with Gasteiger partial charge in [0.05, 0.1) is 11.6 Å². The van der Waals surface area contributed by atoms with Crippen molar-refractivity contribution in [2.45, 2.75) is 64.5 Å². The third-order valence-corrected chi connectivity index (χ3v) is 7.84. The van der Waals surface area contributed by atoms with Crippen molar-refractivity contribution in [2.24, 2.45) is 5.92 Å². The Morgan fingerprint density at radius 1 is 1.20 bits per heavy atom. The Labute approximate surface area is 244 Å². The molecule has 1 heterocycles. The molecule has 0 radical (unpaired) electrons. The number of amides is 2. The molecule has 3 rings (SSSR count). The fraction of sp³-hybridized carbons (Fsp3) is 0.516. The average molecular weight is 561 g/mol. The monoisotopic (exact) mass is 560 g/mol. The van der Waals surface area contributed by atoms with Gasteiger partial charge in [0.1, 0.15) is 11.9 Å². The highest BCUT2D eigenvalue weighted by Crippen LogP contribution is 2.45. The standard InChI is InChI=1S/C31H44N8O2/c1-8-15-33-28-26(20-34-30(37-28)36-24-13-11-22(19-32)12-14-24)31(3,4)23-17-25(18-23)35-29(41)21(2)39(7)27(40)10-9-16-38(5)6/h9-14,20-21,23,25H,8,15-18H2,1-7H3,(H,35,41)(H2,33,34,36,37)/b10-9+/t21-,23?,25?/m0/s1. The first-order valence-electron chi connectivity index (χ1n) is 14.2. The van der Waals surface area contributed by atoms with Gasteiger partial charge in [-0.15, -0.1) is 0 Å². The van der Waals surface area contributed by atoms with Crippen LogP contribution in [0.2, 0.25) is 0 Å². The lowest BCUT2D eigenvalue weighted by Gasteiger charge is -2.46. The average Bonchev–Trinajstić information content (AvgIpc) is 2.92. The summed E-state index contributed by atoms with van der Waals surface area (Å²) < 4.78 is 0. The van der Waals surface area contributed by atoms with Crippen LogP contribution in [0.3, 0.4) is 0 Å². The second-order valence-electron chi connectivity index (χ2n) is 11.6. The molecule has 0 saturated heterocycles. The van der Waals surface area contributed by atoms with Crippen LogP contribution in [-0.2, 0) is 15.0 Å². The Bertz CT molecular complexity index is 1260. The van der Waals surface area contributed by atoms with E-state index in [-0.39, 0.29) is 23.3 Å². The molecule has 220 valence electrons. The first-order chi connectivity index (χ1) is 19.5. The molecule has 1 aromatic carbocycles. The molecule has 10 heteroatoms. The first-order valence-corrected chi connectivity index (χ1v) is 14.2. The van der Waals surface area contributed by atoms with E-state index in [1.807, 2.05) is 37.3 Å². The molecule has 1 saturated carbocycles. The van der Waals surface area contributed by atoms with E-state index in [4.69, 9.17) is 10.2 Å². The molecular weight excluding hydrogens is 516 g/mol. The van der Waals surface area contributed by atoms with Crippen molar-refractivity contribution in [1.82, 2.24) is 25.1 Å². The lowest BCUT2D eigenvalue weighted by Crippen LogP contribution is -2.54. The maximum atomic E-state index is 12.9. The van der Waals surface area contributed by atoms with Gasteiger partial charge in [-0.05, 0) is 75.9 Å². The highest BCUT2D eigenvalue weighted by molar-refractivity contribution is 5.92. The van der Waals surface area contributed by atoms with E-state index in [0.29, 0.717) is 24.0 Å². The van der Waals surface area contributed by atoms with Crippen LogP contribution in [0.1, 0.15) is 58.1 Å². The number of benzene rings is 1. The van der Waals surface area contributed by atoms with Gasteiger partial charge in [0, 0.05) is 49.7 Å². The number of nitriles is 1. The Kier molecular flexibility index (Phi) is 10.8. The van der Waals surface area contributed by atoms with E-state index in [0.717, 1.165) is 42.9 Å². The van der Waals surface area contributed by atoms with Gasteiger partial charge < -0.3 is 25.8 Å². The number of nitrogens with zero attached hydrogens (tertiary/aromatic N) is 5. The van der Waals surface area contributed by atoms with Crippen LogP contribution >= 0.6 is 0 Å². The molecule has 3 N–H and O–H groups in total. The van der Waals surface area contributed by atoms with Crippen LogP contribution in [-0.4, -0.2) is 77.9 Å². The summed E-state index contributed by atoms with van der Waals surface area (Å²) in [7, 11) is 5.52. The van der Waals surface area contributed by atoms with Crippen LogP contribution in [0.15, 0.2) is 42.6 Å². The lowest BCUT2D eigenvalue weighted by molar-refractivity contribution is -0.136. The van der Waals surface area contributed by atoms with Gasteiger partial charge in [0.25, 0.3) is 0 Å². The number of rotatable bonds is 13. The molecule has 1 aliphatic carbocycles. The number of carbonyl (C=O) groups is 2. The van der Waals surface area contributed by atoms with Gasteiger partial charge in [0.2, 0.25) is 17.8 Å². The van der Waals surface area contributed by atoms with Crippen LogP contribution in [0, 0.1) is 17.2 Å². The predicted molar refractivity (Wildman–Crippen MR) is 163 cm³/mol. The molecule has 0 unspecified atom stereocenters. The Morgan fingerprint density at radius 3 is 2.49 bits per heavy atom. The highest BCUT2D eigenvalue weighted by Gasteiger charge is 2.43. The number of carbonyl (C=O) groups excluding carboxylic acids is 2. The van der Waals surface area contributed by atoms with Crippen molar-refractivity contribution >= 4 is 29.3 Å². The second kappa shape index (κ2) is 14.1. The Morgan fingerprint density at radius 2 is 1.88 bits per heavy atom. The number of likely N-dealkylation sites (N-methyl/N-ethyl adjacent to an activating group) is 2. The van der Waals surface area contributed by atoms with Crippen LogP contribution in [0.4, 0.5) is 17.5 Å². The molecule has 1 fully saturated rings. The summed E-state index contributed by atoms with van der Waals surface area (Å²) in [5, 5.41) is 18.9. The normalized spacial score (nSPS) is 17.4.